The van der Waals surface area contributed by atoms with Crippen molar-refractivity contribution in [2.75, 3.05) is 26.2 Å². The Balaban J connectivity index is 1.82. The quantitative estimate of drug-likeness (QED) is 0.902. The lowest BCUT2D eigenvalue weighted by Gasteiger charge is -2.23. The van der Waals surface area contributed by atoms with Crippen molar-refractivity contribution in [1.82, 2.24) is 9.88 Å². The summed E-state index contributed by atoms with van der Waals surface area (Å²) in [6, 6.07) is 2.93. The fraction of sp³-hybridized carbons (Fsp3) is 0.643. The summed E-state index contributed by atoms with van der Waals surface area (Å²) >= 11 is 0. The molecular weight excluding hydrogens is 245 g/mol. The number of hydrogen-bond acceptors (Lipinski definition) is 4. The van der Waals surface area contributed by atoms with E-state index in [4.69, 9.17) is 10.5 Å². The van der Waals surface area contributed by atoms with Crippen LogP contribution >= 0.6 is 0 Å². The fourth-order valence-electron chi connectivity index (χ4n) is 2.36. The molecule has 2 heterocycles. The van der Waals surface area contributed by atoms with Gasteiger partial charge in [-0.05, 0) is 31.9 Å². The second kappa shape index (κ2) is 6.93. The minimum Gasteiger partial charge on any atom is -0.377 e. The van der Waals surface area contributed by atoms with Crippen LogP contribution < -0.4 is 5.73 Å². The highest BCUT2D eigenvalue weighted by Gasteiger charge is 2.16. The molecule has 1 fully saturated rings. The molecule has 0 aromatic carbocycles. The van der Waals surface area contributed by atoms with Gasteiger partial charge >= 0.3 is 0 Å². The first-order chi connectivity index (χ1) is 9.15. The third kappa shape index (κ3) is 4.53. The molecule has 1 aliphatic heterocycles. The van der Waals surface area contributed by atoms with Gasteiger partial charge in [0.15, 0.2) is 0 Å². The number of halogens is 1. The van der Waals surface area contributed by atoms with Crippen LogP contribution in [0, 0.1) is 5.82 Å². The van der Waals surface area contributed by atoms with E-state index in [2.05, 4.69) is 16.8 Å². The molecule has 0 bridgehead atoms. The maximum atomic E-state index is 12.8. The first kappa shape index (κ1) is 14.4. The van der Waals surface area contributed by atoms with E-state index in [1.54, 1.807) is 6.07 Å². The largest absolute Gasteiger partial charge is 0.377 e. The number of ether oxygens (including phenoxy) is 1. The van der Waals surface area contributed by atoms with Crippen LogP contribution in [0.1, 0.15) is 31.5 Å². The van der Waals surface area contributed by atoms with Crippen molar-refractivity contribution in [1.29, 1.82) is 0 Å². The Hall–Kier alpha value is -1.04. The van der Waals surface area contributed by atoms with Crippen molar-refractivity contribution in [3.63, 3.8) is 0 Å². The molecule has 2 N–H and O–H groups in total. The zero-order valence-electron chi connectivity index (χ0n) is 11.4. The van der Waals surface area contributed by atoms with Crippen LogP contribution in [-0.2, 0) is 4.74 Å². The molecule has 19 heavy (non-hydrogen) atoms. The minimum atomic E-state index is -0.325. The van der Waals surface area contributed by atoms with Gasteiger partial charge in [0.1, 0.15) is 5.82 Å². The smallest absolute Gasteiger partial charge is 0.141 e. The van der Waals surface area contributed by atoms with Crippen LogP contribution in [0.4, 0.5) is 4.39 Å². The normalized spacial score (nSPS) is 23.0. The summed E-state index contributed by atoms with van der Waals surface area (Å²) in [4.78, 5) is 6.41. The topological polar surface area (TPSA) is 51.4 Å². The van der Waals surface area contributed by atoms with Gasteiger partial charge in [0.25, 0.3) is 0 Å². The summed E-state index contributed by atoms with van der Waals surface area (Å²) in [6.45, 7) is 5.86. The lowest BCUT2D eigenvalue weighted by atomic mass is 10.1. The summed E-state index contributed by atoms with van der Waals surface area (Å²) in [5, 5.41) is 0. The van der Waals surface area contributed by atoms with E-state index in [0.29, 0.717) is 0 Å². The molecule has 5 heteroatoms. The molecule has 0 radical (unpaired) electrons. The lowest BCUT2D eigenvalue weighted by molar-refractivity contribution is 0.0673. The summed E-state index contributed by atoms with van der Waals surface area (Å²) in [5.74, 6) is -0.325. The molecule has 0 aliphatic carbocycles. The van der Waals surface area contributed by atoms with Gasteiger partial charge in [-0.3, -0.25) is 4.98 Å². The van der Waals surface area contributed by atoms with Crippen LogP contribution in [0.3, 0.4) is 0 Å². The van der Waals surface area contributed by atoms with Crippen molar-refractivity contribution in [3.05, 3.63) is 29.8 Å². The monoisotopic (exact) mass is 267 g/mol. The van der Waals surface area contributed by atoms with Crippen LogP contribution in [0.25, 0.3) is 0 Å². The molecule has 0 saturated carbocycles. The van der Waals surface area contributed by atoms with Crippen LogP contribution in [0.5, 0.6) is 0 Å². The molecule has 106 valence electrons. The molecule has 0 spiro atoms. The minimum absolute atomic E-state index is 0.139. The zero-order valence-corrected chi connectivity index (χ0v) is 11.4. The lowest BCUT2D eigenvalue weighted by Crippen LogP contribution is -2.32. The Labute approximate surface area is 113 Å². The van der Waals surface area contributed by atoms with E-state index >= 15 is 0 Å². The van der Waals surface area contributed by atoms with Crippen molar-refractivity contribution in [2.24, 2.45) is 5.73 Å². The number of hydrogen-bond donors (Lipinski definition) is 1. The molecule has 0 amide bonds. The van der Waals surface area contributed by atoms with Crippen molar-refractivity contribution < 1.29 is 9.13 Å². The number of aromatic nitrogens is 1. The van der Waals surface area contributed by atoms with Crippen LogP contribution in [-0.4, -0.2) is 42.2 Å². The van der Waals surface area contributed by atoms with Gasteiger partial charge in [-0.1, -0.05) is 0 Å². The highest BCUT2D eigenvalue weighted by atomic mass is 19.1. The molecule has 2 atom stereocenters. The maximum absolute atomic E-state index is 12.8. The predicted molar refractivity (Wildman–Crippen MR) is 72.2 cm³/mol. The third-order valence-electron chi connectivity index (χ3n) is 3.42. The van der Waals surface area contributed by atoms with Gasteiger partial charge in [-0.2, -0.15) is 0 Å². The predicted octanol–water partition coefficient (Wildman–Crippen LogP) is 1.72. The highest BCUT2D eigenvalue weighted by Crippen LogP contribution is 2.14. The molecular formula is C14H22FN3O. The van der Waals surface area contributed by atoms with Gasteiger partial charge in [0, 0.05) is 32.3 Å². The number of nitrogens with zero attached hydrogens (tertiary/aromatic N) is 2. The van der Waals surface area contributed by atoms with E-state index in [1.165, 1.54) is 12.3 Å². The summed E-state index contributed by atoms with van der Waals surface area (Å²) < 4.78 is 18.4. The van der Waals surface area contributed by atoms with E-state index in [-0.39, 0.29) is 18.0 Å². The number of pyridine rings is 1. The average molecular weight is 267 g/mol. The van der Waals surface area contributed by atoms with Crippen LogP contribution in [0.15, 0.2) is 18.3 Å². The molecule has 1 aromatic rings. The first-order valence-corrected chi connectivity index (χ1v) is 6.86. The van der Waals surface area contributed by atoms with E-state index in [0.717, 1.165) is 44.8 Å². The van der Waals surface area contributed by atoms with Gasteiger partial charge < -0.3 is 15.4 Å². The Morgan fingerprint density at radius 3 is 3.16 bits per heavy atom. The first-order valence-electron chi connectivity index (χ1n) is 6.86. The van der Waals surface area contributed by atoms with Crippen molar-refractivity contribution in [2.45, 2.75) is 31.9 Å². The molecule has 4 nitrogen and oxygen atoms in total. The standard InChI is InChI=1S/C14H22FN3O/c1-11-10-18(6-2-8-19-11)7-5-13(16)14-4-3-12(15)9-17-14/h3-4,9,11,13H,2,5-8,10,16H2,1H3. The Morgan fingerprint density at radius 1 is 1.58 bits per heavy atom. The Kier molecular flexibility index (Phi) is 5.24. The van der Waals surface area contributed by atoms with Crippen molar-refractivity contribution >= 4 is 0 Å². The van der Waals surface area contributed by atoms with Gasteiger partial charge in [0.2, 0.25) is 0 Å². The molecule has 1 aromatic heterocycles. The summed E-state index contributed by atoms with van der Waals surface area (Å²) in [6.07, 6.45) is 3.39. The van der Waals surface area contributed by atoms with E-state index in [9.17, 15) is 4.39 Å². The average Bonchev–Trinajstić information content (AvgIpc) is 2.61. The second-order valence-corrected chi connectivity index (χ2v) is 5.13. The molecule has 2 rings (SSSR count). The third-order valence-corrected chi connectivity index (χ3v) is 3.42. The summed E-state index contributed by atoms with van der Waals surface area (Å²) in [5.41, 5.74) is 6.84. The van der Waals surface area contributed by atoms with Crippen molar-refractivity contribution in [3.8, 4) is 0 Å². The van der Waals surface area contributed by atoms with Gasteiger partial charge in [0.05, 0.1) is 18.0 Å². The van der Waals surface area contributed by atoms with E-state index < -0.39 is 0 Å². The molecule has 1 saturated heterocycles. The second-order valence-electron chi connectivity index (χ2n) is 5.13. The highest BCUT2D eigenvalue weighted by molar-refractivity contribution is 5.09. The van der Waals surface area contributed by atoms with E-state index in [1.807, 2.05) is 0 Å². The number of nitrogens with two attached hydrogens (primary N) is 1. The van der Waals surface area contributed by atoms with Crippen LogP contribution in [0.2, 0.25) is 0 Å². The number of rotatable bonds is 4. The Morgan fingerprint density at radius 2 is 2.42 bits per heavy atom. The molecule has 2 unspecified atom stereocenters. The SMILES string of the molecule is CC1CN(CCC(N)c2ccc(F)cn2)CCCO1. The maximum Gasteiger partial charge on any atom is 0.141 e. The van der Waals surface area contributed by atoms with Gasteiger partial charge in [-0.25, -0.2) is 4.39 Å². The summed E-state index contributed by atoms with van der Waals surface area (Å²) in [7, 11) is 0. The molecule has 1 aliphatic rings. The van der Waals surface area contributed by atoms with Gasteiger partial charge in [-0.15, -0.1) is 0 Å². The fourth-order valence-corrected chi connectivity index (χ4v) is 2.36. The Bertz CT molecular complexity index is 385. The zero-order chi connectivity index (χ0) is 13.7.